The van der Waals surface area contributed by atoms with Gasteiger partial charge in [-0.05, 0) is 17.7 Å². The van der Waals surface area contributed by atoms with E-state index in [0.717, 1.165) is 0 Å². The van der Waals surface area contributed by atoms with E-state index in [2.05, 4.69) is 0 Å². The fraction of sp³-hybridized carbons (Fsp3) is 0.0500. The average molecular weight is 344 g/mol. The number of phenolic OH excluding ortho intramolecular Hbond substituents is 1. The summed E-state index contributed by atoms with van der Waals surface area (Å²) in [7, 11) is 0. The number of nitriles is 1. The first-order chi connectivity index (χ1) is 12.5. The highest BCUT2D eigenvalue weighted by molar-refractivity contribution is 6.27. The molecular formula is C20H12N2O4. The first-order valence-electron chi connectivity index (χ1n) is 7.82. The molecule has 0 unspecified atom stereocenters. The predicted molar refractivity (Wildman–Crippen MR) is 90.9 cm³/mol. The zero-order valence-electron chi connectivity index (χ0n) is 13.4. The molecule has 0 amide bonds. The lowest BCUT2D eigenvalue weighted by atomic mass is 9.75. The number of nitrogens with two attached hydrogens (primary N) is 1. The van der Waals surface area contributed by atoms with Crippen LogP contribution in [0.4, 0.5) is 0 Å². The average Bonchev–Trinajstić information content (AvgIpc) is 2.65. The number of aromatic hydroxyl groups is 1. The van der Waals surface area contributed by atoms with Crippen molar-refractivity contribution in [2.45, 2.75) is 5.92 Å². The smallest absolute Gasteiger partial charge is 0.229 e. The number of ketones is 2. The van der Waals surface area contributed by atoms with Crippen LogP contribution in [-0.4, -0.2) is 16.7 Å². The highest BCUT2D eigenvalue weighted by Gasteiger charge is 2.43. The number of fused-ring (bicyclic) bond motifs is 1. The molecule has 3 N–H and O–H groups in total. The molecule has 0 saturated carbocycles. The standard InChI is InChI=1S/C20H12N2O4/c21-9-14-15(10-4-3-5-11(23)8-10)16-17(24)12-6-1-2-7-13(12)18(25)19(16)26-20(14)22/h1-8,15,23H,22H2/t15-/m1/s1. The number of hydrogen-bond acceptors (Lipinski definition) is 6. The zero-order valence-corrected chi connectivity index (χ0v) is 13.4. The van der Waals surface area contributed by atoms with Gasteiger partial charge < -0.3 is 15.6 Å². The predicted octanol–water partition coefficient (Wildman–Crippen LogP) is 2.53. The Labute approximate surface area is 148 Å². The van der Waals surface area contributed by atoms with Crippen LogP contribution < -0.4 is 5.73 Å². The molecule has 6 heteroatoms. The molecule has 1 aliphatic heterocycles. The van der Waals surface area contributed by atoms with Crippen molar-refractivity contribution in [2.75, 3.05) is 0 Å². The van der Waals surface area contributed by atoms with E-state index in [1.165, 1.54) is 12.1 Å². The Balaban J connectivity index is 1.99. The highest BCUT2D eigenvalue weighted by Crippen LogP contribution is 2.44. The van der Waals surface area contributed by atoms with Crippen LogP contribution in [-0.2, 0) is 4.74 Å². The Morgan fingerprint density at radius 3 is 2.38 bits per heavy atom. The number of carbonyl (C=O) groups is 2. The maximum atomic E-state index is 13.1. The Kier molecular flexibility index (Phi) is 3.38. The summed E-state index contributed by atoms with van der Waals surface area (Å²) in [6.07, 6.45) is 0. The number of Topliss-reactive ketones (excluding diaryl/α,β-unsaturated/α-hetero) is 2. The number of allylic oxidation sites excluding steroid dienone is 3. The van der Waals surface area contributed by atoms with Crippen LogP contribution in [0.1, 0.15) is 32.2 Å². The second kappa shape index (κ2) is 5.60. The van der Waals surface area contributed by atoms with Gasteiger partial charge in [0, 0.05) is 11.1 Å². The van der Waals surface area contributed by atoms with Gasteiger partial charge in [0.25, 0.3) is 0 Å². The molecule has 2 aromatic carbocycles. The van der Waals surface area contributed by atoms with E-state index in [9.17, 15) is 20.0 Å². The molecule has 0 bridgehead atoms. The normalized spacial score (nSPS) is 18.8. The van der Waals surface area contributed by atoms with Gasteiger partial charge in [-0.2, -0.15) is 5.26 Å². The van der Waals surface area contributed by atoms with E-state index >= 15 is 0 Å². The van der Waals surface area contributed by atoms with E-state index in [0.29, 0.717) is 5.56 Å². The van der Waals surface area contributed by atoms with Crippen LogP contribution in [0.25, 0.3) is 0 Å². The van der Waals surface area contributed by atoms with Crippen LogP contribution in [0.3, 0.4) is 0 Å². The Bertz CT molecular complexity index is 1090. The molecule has 0 saturated heterocycles. The summed E-state index contributed by atoms with van der Waals surface area (Å²) in [6, 6.07) is 14.6. The van der Waals surface area contributed by atoms with E-state index in [1.807, 2.05) is 6.07 Å². The molecule has 6 nitrogen and oxygen atoms in total. The molecule has 0 radical (unpaired) electrons. The zero-order chi connectivity index (χ0) is 18.4. The van der Waals surface area contributed by atoms with Crippen molar-refractivity contribution >= 4 is 11.6 Å². The van der Waals surface area contributed by atoms with Gasteiger partial charge in [0.05, 0.1) is 11.5 Å². The third kappa shape index (κ3) is 2.11. The van der Waals surface area contributed by atoms with Gasteiger partial charge in [0.15, 0.2) is 11.5 Å². The molecule has 2 aliphatic rings. The van der Waals surface area contributed by atoms with Crippen molar-refractivity contribution in [3.63, 3.8) is 0 Å². The van der Waals surface area contributed by atoms with Crippen molar-refractivity contribution in [1.29, 1.82) is 5.26 Å². The van der Waals surface area contributed by atoms with Crippen LogP contribution in [0.2, 0.25) is 0 Å². The van der Waals surface area contributed by atoms with Crippen molar-refractivity contribution in [3.8, 4) is 11.8 Å². The monoisotopic (exact) mass is 344 g/mol. The molecule has 26 heavy (non-hydrogen) atoms. The topological polar surface area (TPSA) is 113 Å². The minimum atomic E-state index is -0.888. The second-order valence-corrected chi connectivity index (χ2v) is 5.97. The van der Waals surface area contributed by atoms with Crippen LogP contribution >= 0.6 is 0 Å². The highest BCUT2D eigenvalue weighted by atomic mass is 16.5. The minimum Gasteiger partial charge on any atom is -0.508 e. The largest absolute Gasteiger partial charge is 0.508 e. The van der Waals surface area contributed by atoms with Crippen LogP contribution in [0, 0.1) is 11.3 Å². The van der Waals surface area contributed by atoms with Gasteiger partial charge in [0.1, 0.15) is 17.4 Å². The molecule has 0 spiro atoms. The lowest BCUT2D eigenvalue weighted by molar-refractivity contribution is 0.0897. The van der Waals surface area contributed by atoms with Crippen molar-refractivity contribution in [1.82, 2.24) is 0 Å². The van der Waals surface area contributed by atoms with Crippen LogP contribution in [0.5, 0.6) is 5.75 Å². The van der Waals surface area contributed by atoms with E-state index in [4.69, 9.17) is 10.5 Å². The first-order valence-corrected chi connectivity index (χ1v) is 7.82. The third-order valence-corrected chi connectivity index (χ3v) is 4.49. The summed E-state index contributed by atoms with van der Waals surface area (Å²) >= 11 is 0. The molecule has 4 rings (SSSR count). The molecule has 2 aromatic rings. The van der Waals surface area contributed by atoms with Crippen molar-refractivity contribution < 1.29 is 19.4 Å². The maximum Gasteiger partial charge on any atom is 0.229 e. The molecule has 0 fully saturated rings. The lowest BCUT2D eigenvalue weighted by Crippen LogP contribution is -2.32. The van der Waals surface area contributed by atoms with E-state index in [-0.39, 0.29) is 39.7 Å². The summed E-state index contributed by atoms with van der Waals surface area (Å²) < 4.78 is 5.40. The Morgan fingerprint density at radius 1 is 1.04 bits per heavy atom. The van der Waals surface area contributed by atoms with Gasteiger partial charge in [0.2, 0.25) is 11.7 Å². The number of nitrogens with zero attached hydrogens (tertiary/aromatic N) is 1. The summed E-state index contributed by atoms with van der Waals surface area (Å²) in [4.78, 5) is 25.9. The quantitative estimate of drug-likeness (QED) is 0.822. The van der Waals surface area contributed by atoms with Gasteiger partial charge >= 0.3 is 0 Å². The molecule has 0 aromatic heterocycles. The number of ether oxygens (including phenoxy) is 1. The molecule has 1 aliphatic carbocycles. The summed E-state index contributed by atoms with van der Waals surface area (Å²) in [6.45, 7) is 0. The molecule has 126 valence electrons. The Morgan fingerprint density at radius 2 is 1.73 bits per heavy atom. The molecular weight excluding hydrogens is 332 g/mol. The van der Waals surface area contributed by atoms with Gasteiger partial charge in [-0.15, -0.1) is 0 Å². The second-order valence-electron chi connectivity index (χ2n) is 5.97. The third-order valence-electron chi connectivity index (χ3n) is 4.49. The van der Waals surface area contributed by atoms with E-state index in [1.54, 1.807) is 36.4 Å². The first kappa shape index (κ1) is 15.7. The maximum absolute atomic E-state index is 13.1. The fourth-order valence-corrected chi connectivity index (χ4v) is 3.34. The summed E-state index contributed by atoms with van der Waals surface area (Å²) in [5, 5.41) is 19.4. The molecule has 1 heterocycles. The van der Waals surface area contributed by atoms with Crippen LogP contribution in [0.15, 0.2) is 71.3 Å². The van der Waals surface area contributed by atoms with Gasteiger partial charge in [-0.3, -0.25) is 9.59 Å². The Hall–Kier alpha value is -3.85. The number of carbonyl (C=O) groups excluding carboxylic acids is 2. The van der Waals surface area contributed by atoms with Gasteiger partial charge in [-0.25, -0.2) is 0 Å². The van der Waals surface area contributed by atoms with Crippen molar-refractivity contribution in [2.24, 2.45) is 5.73 Å². The SMILES string of the molecule is N#CC1=C(N)OC2=C(C(=O)c3ccccc3C2=O)[C@@H]1c1cccc(O)c1. The number of phenols is 1. The summed E-state index contributed by atoms with van der Waals surface area (Å²) in [5.74, 6) is -2.16. The van der Waals surface area contributed by atoms with Crippen molar-refractivity contribution in [3.05, 3.63) is 88.0 Å². The van der Waals surface area contributed by atoms with E-state index < -0.39 is 17.5 Å². The lowest BCUT2D eigenvalue weighted by Gasteiger charge is -2.30. The molecule has 1 atom stereocenters. The minimum absolute atomic E-state index is 0.0230. The number of hydrogen-bond donors (Lipinski definition) is 2. The van der Waals surface area contributed by atoms with Gasteiger partial charge in [-0.1, -0.05) is 36.4 Å². The number of rotatable bonds is 1. The number of benzene rings is 2. The summed E-state index contributed by atoms with van der Waals surface area (Å²) in [5.41, 5.74) is 6.91. The fourth-order valence-electron chi connectivity index (χ4n) is 3.34.